The van der Waals surface area contributed by atoms with Crippen LogP contribution in [0.3, 0.4) is 0 Å². The van der Waals surface area contributed by atoms with Gasteiger partial charge in [-0.05, 0) is 31.2 Å². The minimum Gasteiger partial charge on any atom is -0.497 e. The molecule has 110 valence electrons. The molecule has 1 amide bonds. The maximum Gasteiger partial charge on any atom is 0.255 e. The molecule has 0 saturated heterocycles. The van der Waals surface area contributed by atoms with Gasteiger partial charge in [0.2, 0.25) is 5.91 Å². The monoisotopic (exact) mass is 307 g/mol. The highest BCUT2D eigenvalue weighted by Crippen LogP contribution is 2.14. The Labute approximate surface area is 126 Å². The van der Waals surface area contributed by atoms with E-state index in [1.807, 2.05) is 0 Å². The minimum atomic E-state index is -0.364. The number of hydrogen-bond donors (Lipinski definition) is 1. The topological polar surface area (TPSA) is 73.2 Å². The fourth-order valence-corrected chi connectivity index (χ4v) is 2.01. The number of benzene rings is 1. The van der Waals surface area contributed by atoms with Gasteiger partial charge in [0.25, 0.3) is 5.56 Å². The molecule has 0 unspecified atom stereocenters. The van der Waals surface area contributed by atoms with Crippen molar-refractivity contribution in [2.75, 3.05) is 12.4 Å². The van der Waals surface area contributed by atoms with E-state index in [1.165, 1.54) is 10.6 Å². The van der Waals surface area contributed by atoms with Gasteiger partial charge in [0.1, 0.15) is 23.3 Å². The zero-order valence-corrected chi connectivity index (χ0v) is 12.3. The van der Waals surface area contributed by atoms with Gasteiger partial charge in [0.15, 0.2) is 0 Å². The fourth-order valence-electron chi connectivity index (χ4n) is 1.80. The van der Waals surface area contributed by atoms with E-state index in [-0.39, 0.29) is 23.2 Å². The first-order valence-corrected chi connectivity index (χ1v) is 6.55. The van der Waals surface area contributed by atoms with Crippen LogP contribution < -0.4 is 15.6 Å². The van der Waals surface area contributed by atoms with Gasteiger partial charge < -0.3 is 10.1 Å². The van der Waals surface area contributed by atoms with Crippen LogP contribution in [0, 0.1) is 6.92 Å². The summed E-state index contributed by atoms with van der Waals surface area (Å²) in [7, 11) is 1.57. The molecular weight excluding hydrogens is 294 g/mol. The number of methoxy groups -OCH3 is 1. The molecule has 21 heavy (non-hydrogen) atoms. The van der Waals surface area contributed by atoms with E-state index in [0.717, 1.165) is 0 Å². The molecule has 0 aliphatic carbocycles. The Hall–Kier alpha value is -2.34. The van der Waals surface area contributed by atoms with Gasteiger partial charge in [-0.3, -0.25) is 14.2 Å². The lowest BCUT2D eigenvalue weighted by molar-refractivity contribution is -0.116. The SMILES string of the molecule is COc1ccc(NC(=O)Cn2c(C)nc(Cl)cc2=O)cc1. The number of amides is 1. The number of ether oxygens (including phenoxy) is 1. The first-order chi connectivity index (χ1) is 9.99. The Morgan fingerprint density at radius 3 is 2.62 bits per heavy atom. The van der Waals surface area contributed by atoms with Crippen molar-refractivity contribution >= 4 is 23.2 Å². The summed E-state index contributed by atoms with van der Waals surface area (Å²) in [6.45, 7) is 1.49. The molecule has 1 N–H and O–H groups in total. The first-order valence-electron chi connectivity index (χ1n) is 6.17. The number of carbonyl (C=O) groups is 1. The van der Waals surface area contributed by atoms with Crippen molar-refractivity contribution in [1.82, 2.24) is 9.55 Å². The third-order valence-electron chi connectivity index (χ3n) is 2.84. The number of hydrogen-bond acceptors (Lipinski definition) is 4. The lowest BCUT2D eigenvalue weighted by Gasteiger charge is -2.10. The molecule has 0 fully saturated rings. The van der Waals surface area contributed by atoms with E-state index in [9.17, 15) is 9.59 Å². The standard InChI is InChI=1S/C14H14ClN3O3/c1-9-16-12(15)7-14(20)18(9)8-13(19)17-10-3-5-11(21-2)6-4-10/h3-7H,8H2,1-2H3,(H,17,19). The van der Waals surface area contributed by atoms with Crippen LogP contribution in [-0.2, 0) is 11.3 Å². The van der Waals surface area contributed by atoms with Gasteiger partial charge >= 0.3 is 0 Å². The average molecular weight is 308 g/mol. The molecule has 1 aromatic carbocycles. The molecule has 0 aliphatic heterocycles. The molecule has 0 bridgehead atoms. The van der Waals surface area contributed by atoms with Gasteiger partial charge in [-0.15, -0.1) is 0 Å². The van der Waals surface area contributed by atoms with Crippen molar-refractivity contribution < 1.29 is 9.53 Å². The van der Waals surface area contributed by atoms with Crippen LogP contribution in [-0.4, -0.2) is 22.6 Å². The summed E-state index contributed by atoms with van der Waals surface area (Å²) in [6, 6.07) is 8.07. The summed E-state index contributed by atoms with van der Waals surface area (Å²) in [4.78, 5) is 27.7. The quantitative estimate of drug-likeness (QED) is 0.875. The van der Waals surface area contributed by atoms with E-state index in [0.29, 0.717) is 17.3 Å². The number of rotatable bonds is 4. The normalized spacial score (nSPS) is 10.2. The van der Waals surface area contributed by atoms with E-state index < -0.39 is 0 Å². The van der Waals surface area contributed by atoms with Crippen molar-refractivity contribution in [2.24, 2.45) is 0 Å². The molecule has 0 spiro atoms. The van der Waals surface area contributed by atoms with Crippen molar-refractivity contribution in [3.63, 3.8) is 0 Å². The number of halogens is 1. The van der Waals surface area contributed by atoms with Gasteiger partial charge in [0, 0.05) is 11.8 Å². The zero-order chi connectivity index (χ0) is 15.4. The second-order valence-electron chi connectivity index (χ2n) is 4.33. The summed E-state index contributed by atoms with van der Waals surface area (Å²) < 4.78 is 6.29. The smallest absolute Gasteiger partial charge is 0.255 e. The molecule has 0 radical (unpaired) electrons. The van der Waals surface area contributed by atoms with Crippen LogP contribution in [0.4, 0.5) is 5.69 Å². The zero-order valence-electron chi connectivity index (χ0n) is 11.6. The molecular formula is C14H14ClN3O3. The number of nitrogens with zero attached hydrogens (tertiary/aromatic N) is 2. The summed E-state index contributed by atoms with van der Waals surface area (Å²) in [5.74, 6) is 0.758. The van der Waals surface area contributed by atoms with E-state index >= 15 is 0 Å². The highest BCUT2D eigenvalue weighted by Gasteiger charge is 2.09. The number of carbonyl (C=O) groups excluding carboxylic acids is 1. The summed E-state index contributed by atoms with van der Waals surface area (Å²) >= 11 is 5.68. The highest BCUT2D eigenvalue weighted by atomic mass is 35.5. The maximum atomic E-state index is 12.0. The van der Waals surface area contributed by atoms with Crippen molar-refractivity contribution in [2.45, 2.75) is 13.5 Å². The van der Waals surface area contributed by atoms with E-state index in [2.05, 4.69) is 10.3 Å². The average Bonchev–Trinajstić information content (AvgIpc) is 2.43. The third kappa shape index (κ3) is 3.82. The van der Waals surface area contributed by atoms with E-state index in [4.69, 9.17) is 16.3 Å². The maximum absolute atomic E-state index is 12.0. The fraction of sp³-hybridized carbons (Fsp3) is 0.214. The minimum absolute atomic E-state index is 0.115. The molecule has 0 atom stereocenters. The van der Waals surface area contributed by atoms with Crippen LogP contribution in [0.1, 0.15) is 5.82 Å². The second-order valence-corrected chi connectivity index (χ2v) is 4.71. The van der Waals surface area contributed by atoms with Gasteiger partial charge in [-0.1, -0.05) is 11.6 Å². The number of nitrogens with one attached hydrogen (secondary N) is 1. The molecule has 0 aliphatic rings. The predicted molar refractivity (Wildman–Crippen MR) is 79.9 cm³/mol. The Morgan fingerprint density at radius 1 is 1.38 bits per heavy atom. The molecule has 2 rings (SSSR count). The van der Waals surface area contributed by atoms with Gasteiger partial charge in [-0.25, -0.2) is 4.98 Å². The van der Waals surface area contributed by atoms with E-state index in [1.54, 1.807) is 38.3 Å². The van der Waals surface area contributed by atoms with Crippen LogP contribution in [0.5, 0.6) is 5.75 Å². The van der Waals surface area contributed by atoms with Crippen LogP contribution >= 0.6 is 11.6 Å². The largest absolute Gasteiger partial charge is 0.497 e. The Balaban J connectivity index is 2.10. The number of aromatic nitrogens is 2. The summed E-state index contributed by atoms with van der Waals surface area (Å²) in [5.41, 5.74) is 0.255. The van der Waals surface area contributed by atoms with Crippen molar-refractivity contribution in [3.05, 3.63) is 51.7 Å². The highest BCUT2D eigenvalue weighted by molar-refractivity contribution is 6.29. The lowest BCUT2D eigenvalue weighted by Crippen LogP contribution is -2.29. The van der Waals surface area contributed by atoms with Crippen LogP contribution in [0.2, 0.25) is 5.15 Å². The van der Waals surface area contributed by atoms with Crippen LogP contribution in [0.25, 0.3) is 0 Å². The van der Waals surface area contributed by atoms with Crippen molar-refractivity contribution in [1.29, 1.82) is 0 Å². The van der Waals surface area contributed by atoms with Crippen LogP contribution in [0.15, 0.2) is 35.1 Å². The Bertz CT molecular complexity index is 710. The molecule has 1 aromatic heterocycles. The molecule has 2 aromatic rings. The number of aryl methyl sites for hydroxylation is 1. The van der Waals surface area contributed by atoms with Gasteiger partial charge in [-0.2, -0.15) is 0 Å². The molecule has 0 saturated carbocycles. The molecule has 7 heteroatoms. The molecule has 6 nitrogen and oxygen atoms in total. The summed E-state index contributed by atoms with van der Waals surface area (Å²) in [6.07, 6.45) is 0. The predicted octanol–water partition coefficient (Wildman–Crippen LogP) is 1.85. The molecule has 1 heterocycles. The first kappa shape index (κ1) is 15.1. The van der Waals surface area contributed by atoms with Gasteiger partial charge in [0.05, 0.1) is 7.11 Å². The summed E-state index contributed by atoms with van der Waals surface area (Å²) in [5, 5.41) is 2.81. The van der Waals surface area contributed by atoms with Crippen molar-refractivity contribution in [3.8, 4) is 5.75 Å². The Morgan fingerprint density at radius 2 is 2.05 bits per heavy atom. The third-order valence-corrected chi connectivity index (χ3v) is 3.04. The Kier molecular flexibility index (Phi) is 4.59. The number of anilines is 1. The lowest BCUT2D eigenvalue weighted by atomic mass is 10.3. The second kappa shape index (κ2) is 6.41.